The Morgan fingerprint density at radius 3 is 2.67 bits per heavy atom. The minimum Gasteiger partial charge on any atom is -0.392 e. The van der Waals surface area contributed by atoms with Crippen LogP contribution in [0.5, 0.6) is 0 Å². The van der Waals surface area contributed by atoms with Crippen molar-refractivity contribution in [2.24, 2.45) is 0 Å². The molecule has 7 nitrogen and oxygen atoms in total. The molecule has 0 aliphatic heterocycles. The van der Waals surface area contributed by atoms with Crippen molar-refractivity contribution in [2.75, 3.05) is 6.54 Å². The zero-order chi connectivity index (χ0) is 13.9. The van der Waals surface area contributed by atoms with Gasteiger partial charge in [-0.15, -0.1) is 0 Å². The molecule has 0 fully saturated rings. The van der Waals surface area contributed by atoms with Crippen LogP contribution in [0.2, 0.25) is 5.02 Å². The number of sulfonamides is 1. The standard InChI is InChI=1S/C9H11ClN2O5S/c1-6(13)5-11-18(16,17)7-2-3-8(10)9(4-7)12(14)15/h2-4,6,11,13H,5H2,1H3. The number of nitrogens with one attached hydrogen (secondary N) is 1. The van der Waals surface area contributed by atoms with E-state index in [1.807, 2.05) is 0 Å². The maximum atomic E-state index is 11.7. The molecule has 0 saturated carbocycles. The number of benzene rings is 1. The second-order valence-corrected chi connectivity index (χ2v) is 5.75. The summed E-state index contributed by atoms with van der Waals surface area (Å²) < 4.78 is 25.6. The molecule has 1 aromatic rings. The monoisotopic (exact) mass is 294 g/mol. The quantitative estimate of drug-likeness (QED) is 0.619. The first-order valence-corrected chi connectivity index (χ1v) is 6.72. The van der Waals surface area contributed by atoms with Gasteiger partial charge in [0.1, 0.15) is 5.02 Å². The molecule has 0 heterocycles. The zero-order valence-electron chi connectivity index (χ0n) is 9.33. The third-order valence-electron chi connectivity index (χ3n) is 1.99. The molecule has 1 aromatic carbocycles. The van der Waals surface area contributed by atoms with Crippen molar-refractivity contribution in [1.82, 2.24) is 4.72 Å². The Morgan fingerprint density at radius 1 is 1.56 bits per heavy atom. The molecule has 1 unspecified atom stereocenters. The summed E-state index contributed by atoms with van der Waals surface area (Å²) in [6.07, 6.45) is -0.859. The predicted molar refractivity (Wildman–Crippen MR) is 65.0 cm³/mol. The normalized spacial score (nSPS) is 13.3. The Hall–Kier alpha value is -1.22. The van der Waals surface area contributed by atoms with Gasteiger partial charge in [-0.1, -0.05) is 11.6 Å². The molecule has 1 rings (SSSR count). The van der Waals surface area contributed by atoms with Crippen molar-refractivity contribution in [3.63, 3.8) is 0 Å². The lowest BCUT2D eigenvalue weighted by Gasteiger charge is -2.08. The molecule has 100 valence electrons. The van der Waals surface area contributed by atoms with Crippen LogP contribution < -0.4 is 4.72 Å². The van der Waals surface area contributed by atoms with Gasteiger partial charge in [0.25, 0.3) is 5.69 Å². The summed E-state index contributed by atoms with van der Waals surface area (Å²) in [6.45, 7) is 1.23. The van der Waals surface area contributed by atoms with E-state index in [0.29, 0.717) is 0 Å². The first-order chi connectivity index (χ1) is 8.24. The molecule has 9 heteroatoms. The summed E-state index contributed by atoms with van der Waals surface area (Å²) in [5.41, 5.74) is -0.489. The van der Waals surface area contributed by atoms with E-state index >= 15 is 0 Å². The molecule has 0 amide bonds. The summed E-state index contributed by atoms with van der Waals surface area (Å²) in [7, 11) is -3.90. The van der Waals surface area contributed by atoms with Crippen molar-refractivity contribution < 1.29 is 18.4 Å². The molecule has 0 radical (unpaired) electrons. The first-order valence-electron chi connectivity index (χ1n) is 4.85. The number of halogens is 1. The van der Waals surface area contributed by atoms with Gasteiger partial charge in [0.2, 0.25) is 10.0 Å². The summed E-state index contributed by atoms with van der Waals surface area (Å²) in [6, 6.07) is 3.16. The third-order valence-corrected chi connectivity index (χ3v) is 3.73. The molecular weight excluding hydrogens is 284 g/mol. The van der Waals surface area contributed by atoms with Gasteiger partial charge in [0.05, 0.1) is 15.9 Å². The number of aliphatic hydroxyl groups is 1. The SMILES string of the molecule is CC(O)CNS(=O)(=O)c1ccc(Cl)c([N+](=O)[O-])c1. The van der Waals surface area contributed by atoms with Crippen LogP contribution in [-0.2, 0) is 10.0 Å². The van der Waals surface area contributed by atoms with Crippen LogP contribution in [0, 0.1) is 10.1 Å². The van der Waals surface area contributed by atoms with E-state index in [2.05, 4.69) is 4.72 Å². The maximum absolute atomic E-state index is 11.7. The minimum absolute atomic E-state index is 0.144. The van der Waals surface area contributed by atoms with Crippen LogP contribution >= 0.6 is 11.6 Å². The van der Waals surface area contributed by atoms with Crippen molar-refractivity contribution in [1.29, 1.82) is 0 Å². The van der Waals surface area contributed by atoms with Crippen molar-refractivity contribution >= 4 is 27.3 Å². The van der Waals surface area contributed by atoms with E-state index in [1.54, 1.807) is 0 Å². The average Bonchev–Trinajstić information content (AvgIpc) is 2.26. The zero-order valence-corrected chi connectivity index (χ0v) is 10.9. The number of hydrogen-bond acceptors (Lipinski definition) is 5. The number of nitro groups is 1. The largest absolute Gasteiger partial charge is 0.392 e. The van der Waals surface area contributed by atoms with Crippen LogP contribution in [0.3, 0.4) is 0 Å². The Kier molecular flexibility index (Phi) is 4.63. The van der Waals surface area contributed by atoms with Gasteiger partial charge < -0.3 is 5.11 Å². The maximum Gasteiger partial charge on any atom is 0.289 e. The number of nitrogens with zero attached hydrogens (tertiary/aromatic N) is 1. The fourth-order valence-electron chi connectivity index (χ4n) is 1.11. The van der Waals surface area contributed by atoms with Gasteiger partial charge in [0.15, 0.2) is 0 Å². The van der Waals surface area contributed by atoms with E-state index in [9.17, 15) is 18.5 Å². The fourth-order valence-corrected chi connectivity index (χ4v) is 2.44. The highest BCUT2D eigenvalue weighted by Gasteiger charge is 2.20. The topological polar surface area (TPSA) is 110 Å². The molecule has 0 aromatic heterocycles. The third kappa shape index (κ3) is 3.64. The molecule has 0 aliphatic rings. The van der Waals surface area contributed by atoms with E-state index < -0.39 is 26.7 Å². The number of rotatable bonds is 5. The van der Waals surface area contributed by atoms with Gasteiger partial charge in [0, 0.05) is 12.6 Å². The number of nitro benzene ring substituents is 1. The summed E-state index contributed by atoms with van der Waals surface area (Å²) in [5.74, 6) is 0. The molecule has 18 heavy (non-hydrogen) atoms. The molecule has 1 atom stereocenters. The van der Waals surface area contributed by atoms with Gasteiger partial charge in [-0.3, -0.25) is 10.1 Å². The summed E-state index contributed by atoms with van der Waals surface area (Å²) in [5, 5.41) is 19.5. The van der Waals surface area contributed by atoms with Gasteiger partial charge in [-0.05, 0) is 19.1 Å². The molecular formula is C9H11ClN2O5S. The van der Waals surface area contributed by atoms with Gasteiger partial charge in [-0.2, -0.15) is 0 Å². The molecule has 0 saturated heterocycles. The number of aliphatic hydroxyl groups excluding tert-OH is 1. The van der Waals surface area contributed by atoms with Crippen LogP contribution in [0.25, 0.3) is 0 Å². The highest BCUT2D eigenvalue weighted by Crippen LogP contribution is 2.26. The smallest absolute Gasteiger partial charge is 0.289 e. The van der Waals surface area contributed by atoms with E-state index in [1.165, 1.54) is 6.92 Å². The van der Waals surface area contributed by atoms with E-state index in [0.717, 1.165) is 18.2 Å². The van der Waals surface area contributed by atoms with Crippen LogP contribution in [0.1, 0.15) is 6.92 Å². The Bertz CT molecular complexity index is 558. The average molecular weight is 295 g/mol. The Morgan fingerprint density at radius 2 is 2.17 bits per heavy atom. The number of hydrogen-bond donors (Lipinski definition) is 2. The molecule has 0 bridgehead atoms. The molecule has 2 N–H and O–H groups in total. The van der Waals surface area contributed by atoms with Crippen LogP contribution in [0.4, 0.5) is 5.69 Å². The first kappa shape index (κ1) is 14.8. The lowest BCUT2D eigenvalue weighted by atomic mass is 10.3. The molecule has 0 spiro atoms. The summed E-state index contributed by atoms with van der Waals surface area (Å²) >= 11 is 5.57. The highest BCUT2D eigenvalue weighted by molar-refractivity contribution is 7.89. The van der Waals surface area contributed by atoms with Crippen molar-refractivity contribution in [2.45, 2.75) is 17.9 Å². The van der Waals surface area contributed by atoms with Crippen LogP contribution in [0.15, 0.2) is 23.1 Å². The predicted octanol–water partition coefficient (Wildman–Crippen LogP) is 0.907. The van der Waals surface area contributed by atoms with Crippen LogP contribution in [-0.4, -0.2) is 31.1 Å². The van der Waals surface area contributed by atoms with E-state index in [4.69, 9.17) is 16.7 Å². The Labute approximate surface area is 109 Å². The lowest BCUT2D eigenvalue weighted by molar-refractivity contribution is -0.384. The second-order valence-electron chi connectivity index (χ2n) is 3.57. The Balaban J connectivity index is 3.10. The van der Waals surface area contributed by atoms with Crippen molar-refractivity contribution in [3.05, 3.63) is 33.3 Å². The lowest BCUT2D eigenvalue weighted by Crippen LogP contribution is -2.30. The fraction of sp³-hybridized carbons (Fsp3) is 0.333. The van der Waals surface area contributed by atoms with Gasteiger partial charge >= 0.3 is 0 Å². The van der Waals surface area contributed by atoms with Gasteiger partial charge in [-0.25, -0.2) is 13.1 Å². The minimum atomic E-state index is -3.90. The summed E-state index contributed by atoms with van der Waals surface area (Å²) in [4.78, 5) is 9.59. The van der Waals surface area contributed by atoms with E-state index in [-0.39, 0.29) is 16.5 Å². The highest BCUT2D eigenvalue weighted by atomic mass is 35.5. The molecule has 0 aliphatic carbocycles. The second kappa shape index (κ2) is 5.61. The van der Waals surface area contributed by atoms with Crippen molar-refractivity contribution in [3.8, 4) is 0 Å².